The molecule has 0 aliphatic carbocycles. The van der Waals surface area contributed by atoms with Gasteiger partial charge in [-0.25, -0.2) is 8.42 Å². The summed E-state index contributed by atoms with van der Waals surface area (Å²) in [6.45, 7) is 2.92. The Bertz CT molecular complexity index is 263. The van der Waals surface area contributed by atoms with Gasteiger partial charge in [0.1, 0.15) is 0 Å². The zero-order valence-electron chi connectivity index (χ0n) is 8.57. The maximum absolute atomic E-state index is 11.1. The molecule has 1 aliphatic heterocycles. The van der Waals surface area contributed by atoms with Gasteiger partial charge in [0.15, 0.2) is 9.84 Å². The first kappa shape index (κ1) is 11.9. The van der Waals surface area contributed by atoms with Crippen LogP contribution in [0.1, 0.15) is 26.2 Å². The van der Waals surface area contributed by atoms with Crippen molar-refractivity contribution in [2.24, 2.45) is 0 Å². The zero-order chi connectivity index (χ0) is 10.6. The highest BCUT2D eigenvalue weighted by atomic mass is 32.2. The average Bonchev–Trinajstić information content (AvgIpc) is 2.34. The Morgan fingerprint density at radius 1 is 1.36 bits per heavy atom. The van der Waals surface area contributed by atoms with Crippen molar-refractivity contribution in [3.8, 4) is 0 Å². The maximum Gasteiger partial charge on any atom is 0.154 e. The predicted octanol–water partition coefficient (Wildman–Crippen LogP) is -0.0759. The monoisotopic (exact) mass is 221 g/mol. The Kier molecular flexibility index (Phi) is 4.34. The molecule has 0 unspecified atom stereocenters. The summed E-state index contributed by atoms with van der Waals surface area (Å²) in [5, 5.41) is 12.5. The van der Waals surface area contributed by atoms with Crippen molar-refractivity contribution < 1.29 is 13.5 Å². The van der Waals surface area contributed by atoms with Crippen molar-refractivity contribution in [3.05, 3.63) is 0 Å². The van der Waals surface area contributed by atoms with E-state index in [0.29, 0.717) is 0 Å². The Balaban J connectivity index is 2.25. The number of aliphatic hydroxyl groups is 1. The minimum Gasteiger partial charge on any atom is -0.390 e. The van der Waals surface area contributed by atoms with Crippen LogP contribution in [0.5, 0.6) is 0 Å². The van der Waals surface area contributed by atoms with Gasteiger partial charge >= 0.3 is 0 Å². The van der Waals surface area contributed by atoms with Gasteiger partial charge in [-0.3, -0.25) is 0 Å². The second kappa shape index (κ2) is 5.09. The van der Waals surface area contributed by atoms with E-state index in [1.807, 2.05) is 0 Å². The SMILES string of the molecule is CCCCCN[C@@H]1CS(=O)(=O)C[C@H]1O. The van der Waals surface area contributed by atoms with E-state index in [2.05, 4.69) is 12.2 Å². The molecule has 2 atom stereocenters. The van der Waals surface area contributed by atoms with Crippen LogP contribution in [0.15, 0.2) is 0 Å². The van der Waals surface area contributed by atoms with Gasteiger partial charge in [-0.2, -0.15) is 0 Å². The standard InChI is InChI=1S/C9H19NO3S/c1-2-3-4-5-10-8-6-14(12,13)7-9(8)11/h8-11H,2-7H2,1H3/t8-,9-/m1/s1. The zero-order valence-corrected chi connectivity index (χ0v) is 9.39. The van der Waals surface area contributed by atoms with Crippen LogP contribution in [-0.2, 0) is 9.84 Å². The molecule has 1 fully saturated rings. The molecule has 14 heavy (non-hydrogen) atoms. The highest BCUT2D eigenvalue weighted by Crippen LogP contribution is 2.12. The van der Waals surface area contributed by atoms with Gasteiger partial charge in [0, 0.05) is 6.04 Å². The summed E-state index contributed by atoms with van der Waals surface area (Å²) in [6, 6.07) is -0.253. The summed E-state index contributed by atoms with van der Waals surface area (Å²) in [4.78, 5) is 0. The molecule has 0 aromatic rings. The molecular formula is C9H19NO3S. The Hall–Kier alpha value is -0.130. The third-order valence-corrected chi connectivity index (χ3v) is 4.23. The van der Waals surface area contributed by atoms with Crippen molar-refractivity contribution in [1.82, 2.24) is 5.32 Å². The second-order valence-corrected chi connectivity index (χ2v) is 6.07. The molecule has 1 heterocycles. The Morgan fingerprint density at radius 3 is 2.57 bits per heavy atom. The van der Waals surface area contributed by atoms with Gasteiger partial charge in [0.2, 0.25) is 0 Å². The topological polar surface area (TPSA) is 66.4 Å². The second-order valence-electron chi connectivity index (χ2n) is 3.91. The maximum atomic E-state index is 11.1. The van der Waals surface area contributed by atoms with E-state index < -0.39 is 15.9 Å². The number of nitrogens with one attached hydrogen (secondary N) is 1. The molecule has 1 rings (SSSR count). The lowest BCUT2D eigenvalue weighted by Gasteiger charge is -2.14. The van der Waals surface area contributed by atoms with E-state index in [-0.39, 0.29) is 17.5 Å². The molecule has 0 spiro atoms. The van der Waals surface area contributed by atoms with E-state index in [0.717, 1.165) is 25.8 Å². The first-order valence-corrected chi connectivity index (χ1v) is 6.99. The van der Waals surface area contributed by atoms with E-state index in [1.54, 1.807) is 0 Å². The molecular weight excluding hydrogens is 202 g/mol. The number of sulfone groups is 1. The first-order chi connectivity index (χ1) is 6.55. The molecule has 5 heteroatoms. The van der Waals surface area contributed by atoms with E-state index >= 15 is 0 Å². The van der Waals surface area contributed by atoms with Crippen molar-refractivity contribution in [2.75, 3.05) is 18.1 Å². The number of rotatable bonds is 5. The third-order valence-electron chi connectivity index (χ3n) is 2.51. The van der Waals surface area contributed by atoms with E-state index in [9.17, 15) is 13.5 Å². The van der Waals surface area contributed by atoms with Crippen molar-refractivity contribution >= 4 is 9.84 Å². The first-order valence-electron chi connectivity index (χ1n) is 5.17. The minimum absolute atomic E-state index is 0.0836. The summed E-state index contributed by atoms with van der Waals surface area (Å²) in [6.07, 6.45) is 2.61. The summed E-state index contributed by atoms with van der Waals surface area (Å²) in [7, 11) is -3.00. The van der Waals surface area contributed by atoms with Crippen LogP contribution in [0.4, 0.5) is 0 Å². The van der Waals surface area contributed by atoms with Gasteiger partial charge in [-0.1, -0.05) is 19.8 Å². The summed E-state index contributed by atoms with van der Waals surface area (Å²) >= 11 is 0. The highest BCUT2D eigenvalue weighted by Gasteiger charge is 2.35. The molecule has 1 aliphatic rings. The predicted molar refractivity (Wildman–Crippen MR) is 56.0 cm³/mol. The van der Waals surface area contributed by atoms with Crippen LogP contribution in [0, 0.1) is 0 Å². The number of hydrogen-bond acceptors (Lipinski definition) is 4. The molecule has 2 N–H and O–H groups in total. The van der Waals surface area contributed by atoms with Crippen molar-refractivity contribution in [1.29, 1.82) is 0 Å². The molecule has 0 aromatic carbocycles. The smallest absolute Gasteiger partial charge is 0.154 e. The summed E-state index contributed by atoms with van der Waals surface area (Å²) in [5.41, 5.74) is 0. The van der Waals surface area contributed by atoms with Crippen LogP contribution in [0.3, 0.4) is 0 Å². The van der Waals surface area contributed by atoms with Gasteiger partial charge in [0.05, 0.1) is 17.6 Å². The normalized spacial score (nSPS) is 30.7. The largest absolute Gasteiger partial charge is 0.390 e. The van der Waals surface area contributed by atoms with Gasteiger partial charge in [-0.05, 0) is 13.0 Å². The molecule has 84 valence electrons. The molecule has 0 saturated carbocycles. The fraction of sp³-hybridized carbons (Fsp3) is 1.00. The lowest BCUT2D eigenvalue weighted by Crippen LogP contribution is -2.39. The molecule has 0 amide bonds. The molecule has 0 radical (unpaired) electrons. The Morgan fingerprint density at radius 2 is 2.07 bits per heavy atom. The van der Waals surface area contributed by atoms with Gasteiger partial charge in [0.25, 0.3) is 0 Å². The fourth-order valence-corrected chi connectivity index (χ4v) is 3.46. The molecule has 1 saturated heterocycles. The number of aliphatic hydroxyl groups excluding tert-OH is 1. The molecule has 0 bridgehead atoms. The van der Waals surface area contributed by atoms with Crippen molar-refractivity contribution in [2.45, 2.75) is 38.3 Å². The van der Waals surface area contributed by atoms with Crippen LogP contribution in [0.2, 0.25) is 0 Å². The van der Waals surface area contributed by atoms with Crippen LogP contribution < -0.4 is 5.32 Å². The quantitative estimate of drug-likeness (QED) is 0.638. The summed E-state index contributed by atoms with van der Waals surface area (Å²) < 4.78 is 22.3. The van der Waals surface area contributed by atoms with Crippen LogP contribution in [-0.4, -0.2) is 43.7 Å². The molecule has 0 aromatic heterocycles. The van der Waals surface area contributed by atoms with Gasteiger partial charge < -0.3 is 10.4 Å². The lowest BCUT2D eigenvalue weighted by molar-refractivity contribution is 0.166. The van der Waals surface area contributed by atoms with E-state index in [4.69, 9.17) is 0 Å². The highest BCUT2D eigenvalue weighted by molar-refractivity contribution is 7.91. The molecule has 4 nitrogen and oxygen atoms in total. The minimum atomic E-state index is -3.00. The van der Waals surface area contributed by atoms with Crippen LogP contribution in [0.25, 0.3) is 0 Å². The number of hydrogen-bond donors (Lipinski definition) is 2. The number of unbranched alkanes of at least 4 members (excludes halogenated alkanes) is 2. The van der Waals surface area contributed by atoms with Gasteiger partial charge in [-0.15, -0.1) is 0 Å². The Labute approximate surface area is 85.6 Å². The van der Waals surface area contributed by atoms with Crippen molar-refractivity contribution in [3.63, 3.8) is 0 Å². The van der Waals surface area contributed by atoms with Crippen LogP contribution >= 0.6 is 0 Å². The fourth-order valence-electron chi connectivity index (χ4n) is 1.69. The third kappa shape index (κ3) is 3.55. The summed E-state index contributed by atoms with van der Waals surface area (Å²) in [5.74, 6) is -0.00125. The van der Waals surface area contributed by atoms with E-state index in [1.165, 1.54) is 0 Å². The average molecular weight is 221 g/mol. The lowest BCUT2D eigenvalue weighted by atomic mass is 10.2.